The molecular formula is C25H40O5. The lowest BCUT2D eigenvalue weighted by atomic mass is 9.61. The molecule has 1 unspecified atom stereocenters. The van der Waals surface area contributed by atoms with Gasteiger partial charge in [-0.25, -0.2) is 4.79 Å². The summed E-state index contributed by atoms with van der Waals surface area (Å²) in [5, 5.41) is 29.7. The minimum atomic E-state index is -1.45. The van der Waals surface area contributed by atoms with Gasteiger partial charge in [0.1, 0.15) is 0 Å². The molecule has 30 heavy (non-hydrogen) atoms. The predicted octanol–water partition coefficient (Wildman–Crippen LogP) is 3.91. The molecule has 3 saturated carbocycles. The first-order valence-corrected chi connectivity index (χ1v) is 11.6. The monoisotopic (exact) mass is 420 g/mol. The van der Waals surface area contributed by atoms with Crippen LogP contribution in [-0.2, 0) is 9.53 Å². The quantitative estimate of drug-likeness (QED) is 0.587. The number of carbonyl (C=O) groups excluding carboxylic acids is 1. The summed E-state index contributed by atoms with van der Waals surface area (Å²) in [4.78, 5) is 12.0. The molecule has 3 rings (SSSR count). The Bertz CT molecular complexity index is 676. The van der Waals surface area contributed by atoms with E-state index in [1.54, 1.807) is 0 Å². The molecule has 0 radical (unpaired) electrons. The van der Waals surface area contributed by atoms with Crippen molar-refractivity contribution in [2.75, 3.05) is 6.61 Å². The highest BCUT2D eigenvalue weighted by Gasteiger charge is 2.50. The van der Waals surface area contributed by atoms with E-state index < -0.39 is 23.8 Å². The SMILES string of the molecule is C[C@@H](COC(=O)C(C)(C)O)[C@H]1CCC2/C(=C/C=C3C[C@@H](O)C[C@H](O)C3)CCC[C@@]21C. The van der Waals surface area contributed by atoms with Crippen LogP contribution in [0.2, 0.25) is 0 Å². The number of carbonyl (C=O) groups is 1. The number of rotatable bonds is 5. The van der Waals surface area contributed by atoms with Gasteiger partial charge in [-0.3, -0.25) is 0 Å². The summed E-state index contributed by atoms with van der Waals surface area (Å²) in [6.45, 7) is 7.85. The van der Waals surface area contributed by atoms with Gasteiger partial charge in [-0.15, -0.1) is 0 Å². The molecule has 3 N–H and O–H groups in total. The molecule has 6 atom stereocenters. The molecule has 3 fully saturated rings. The van der Waals surface area contributed by atoms with Gasteiger partial charge < -0.3 is 20.1 Å². The molecule has 0 amide bonds. The Labute approximate surface area is 181 Å². The van der Waals surface area contributed by atoms with Gasteiger partial charge in [-0.1, -0.05) is 37.1 Å². The summed E-state index contributed by atoms with van der Waals surface area (Å²) in [6.07, 6.45) is 11.1. The first-order chi connectivity index (χ1) is 14.0. The molecule has 0 spiro atoms. The molecule has 3 aliphatic carbocycles. The number of aliphatic hydroxyl groups is 3. The maximum Gasteiger partial charge on any atom is 0.337 e. The van der Waals surface area contributed by atoms with Gasteiger partial charge in [-0.05, 0) is 88.4 Å². The Morgan fingerprint density at radius 3 is 2.53 bits per heavy atom. The lowest BCUT2D eigenvalue weighted by Gasteiger charge is -2.44. The van der Waals surface area contributed by atoms with Gasteiger partial charge in [0.05, 0.1) is 18.8 Å². The number of hydrogen-bond acceptors (Lipinski definition) is 5. The van der Waals surface area contributed by atoms with Crippen LogP contribution >= 0.6 is 0 Å². The van der Waals surface area contributed by atoms with Crippen LogP contribution in [0.3, 0.4) is 0 Å². The van der Waals surface area contributed by atoms with Gasteiger partial charge in [-0.2, -0.15) is 0 Å². The molecule has 0 heterocycles. The Kier molecular flexibility index (Phi) is 7.15. The number of hydrogen-bond donors (Lipinski definition) is 3. The van der Waals surface area contributed by atoms with E-state index in [1.165, 1.54) is 32.3 Å². The molecule has 0 aliphatic heterocycles. The number of aliphatic hydroxyl groups excluding tert-OH is 2. The standard InChI is InChI=1S/C25H40O5/c1-16(15-30-23(28)24(2,3)29)21-9-10-22-18(6-5-11-25(21,22)4)8-7-17-12-19(26)14-20(27)13-17/h7-8,16,19-22,26-27,29H,5-6,9-15H2,1-4H3/b18-8+/t16-,19+,20+,21+,22?,25+/m0/s1. The van der Waals surface area contributed by atoms with Gasteiger partial charge in [0, 0.05) is 0 Å². The van der Waals surface area contributed by atoms with Crippen molar-refractivity contribution < 1.29 is 24.9 Å². The normalized spacial score (nSPS) is 37.0. The number of fused-ring (bicyclic) bond motifs is 1. The van der Waals surface area contributed by atoms with Crippen molar-refractivity contribution >= 4 is 5.97 Å². The maximum absolute atomic E-state index is 12.0. The molecule has 3 aliphatic rings. The fourth-order valence-corrected chi connectivity index (χ4v) is 6.24. The van der Waals surface area contributed by atoms with Crippen LogP contribution in [0.1, 0.15) is 79.1 Å². The first-order valence-electron chi connectivity index (χ1n) is 11.6. The van der Waals surface area contributed by atoms with Crippen molar-refractivity contribution in [3.63, 3.8) is 0 Å². The van der Waals surface area contributed by atoms with Crippen LogP contribution in [0.25, 0.3) is 0 Å². The summed E-state index contributed by atoms with van der Waals surface area (Å²) in [5.41, 5.74) is 1.39. The van der Waals surface area contributed by atoms with Gasteiger partial charge in [0.25, 0.3) is 0 Å². The van der Waals surface area contributed by atoms with Gasteiger partial charge in [0.15, 0.2) is 5.60 Å². The van der Waals surface area contributed by atoms with Crippen molar-refractivity contribution in [3.05, 3.63) is 23.3 Å². The zero-order valence-corrected chi connectivity index (χ0v) is 19.1. The highest BCUT2D eigenvalue weighted by Crippen LogP contribution is 2.59. The third kappa shape index (κ3) is 5.17. The van der Waals surface area contributed by atoms with E-state index in [2.05, 4.69) is 26.0 Å². The van der Waals surface area contributed by atoms with E-state index in [0.717, 1.165) is 24.8 Å². The van der Waals surface area contributed by atoms with Gasteiger partial charge >= 0.3 is 5.97 Å². The van der Waals surface area contributed by atoms with E-state index in [-0.39, 0.29) is 11.3 Å². The summed E-state index contributed by atoms with van der Waals surface area (Å²) in [5.74, 6) is 0.736. The van der Waals surface area contributed by atoms with Gasteiger partial charge in [0.2, 0.25) is 0 Å². The van der Waals surface area contributed by atoms with Crippen LogP contribution in [0.4, 0.5) is 0 Å². The second-order valence-electron chi connectivity index (χ2n) is 10.7. The second kappa shape index (κ2) is 9.13. The highest BCUT2D eigenvalue weighted by molar-refractivity contribution is 5.78. The van der Waals surface area contributed by atoms with Crippen LogP contribution in [0.15, 0.2) is 23.3 Å². The minimum absolute atomic E-state index is 0.203. The van der Waals surface area contributed by atoms with E-state index in [0.29, 0.717) is 37.7 Å². The molecule has 170 valence electrons. The van der Waals surface area contributed by atoms with E-state index in [9.17, 15) is 20.1 Å². The Morgan fingerprint density at radius 2 is 1.90 bits per heavy atom. The zero-order chi connectivity index (χ0) is 22.1. The van der Waals surface area contributed by atoms with Crippen molar-refractivity contribution in [2.24, 2.45) is 23.2 Å². The number of esters is 1. The lowest BCUT2D eigenvalue weighted by Crippen LogP contribution is -2.39. The average Bonchev–Trinajstić information content (AvgIpc) is 3.00. The maximum atomic E-state index is 12.0. The van der Waals surface area contributed by atoms with E-state index in [1.807, 2.05) is 0 Å². The van der Waals surface area contributed by atoms with Crippen molar-refractivity contribution in [2.45, 2.75) is 96.9 Å². The minimum Gasteiger partial charge on any atom is -0.463 e. The molecule has 5 nitrogen and oxygen atoms in total. The molecule has 0 aromatic carbocycles. The number of ether oxygens (including phenoxy) is 1. The molecule has 0 aromatic heterocycles. The molecule has 0 bridgehead atoms. The topological polar surface area (TPSA) is 87.0 Å². The predicted molar refractivity (Wildman–Crippen MR) is 117 cm³/mol. The third-order valence-corrected chi connectivity index (χ3v) is 7.77. The Balaban J connectivity index is 1.68. The molecular weight excluding hydrogens is 380 g/mol. The largest absolute Gasteiger partial charge is 0.463 e. The highest BCUT2D eigenvalue weighted by atomic mass is 16.5. The van der Waals surface area contributed by atoms with Crippen LogP contribution < -0.4 is 0 Å². The summed E-state index contributed by atoms with van der Waals surface area (Å²) in [6, 6.07) is 0. The lowest BCUT2D eigenvalue weighted by molar-refractivity contribution is -0.164. The van der Waals surface area contributed by atoms with Crippen LogP contribution in [0.5, 0.6) is 0 Å². The smallest absolute Gasteiger partial charge is 0.337 e. The van der Waals surface area contributed by atoms with Crippen LogP contribution in [0, 0.1) is 23.2 Å². The molecule has 5 heteroatoms. The second-order valence-corrected chi connectivity index (χ2v) is 10.7. The summed E-state index contributed by atoms with van der Waals surface area (Å²) in [7, 11) is 0. The molecule has 0 aromatic rings. The summed E-state index contributed by atoms with van der Waals surface area (Å²) < 4.78 is 5.42. The first kappa shape index (κ1) is 23.5. The Morgan fingerprint density at radius 1 is 1.23 bits per heavy atom. The fourth-order valence-electron chi connectivity index (χ4n) is 6.24. The average molecular weight is 421 g/mol. The third-order valence-electron chi connectivity index (χ3n) is 7.77. The van der Waals surface area contributed by atoms with E-state index in [4.69, 9.17) is 4.74 Å². The Hall–Kier alpha value is -1.17. The van der Waals surface area contributed by atoms with E-state index >= 15 is 0 Å². The fraction of sp³-hybridized carbons (Fsp3) is 0.800. The summed E-state index contributed by atoms with van der Waals surface area (Å²) >= 11 is 0. The zero-order valence-electron chi connectivity index (χ0n) is 19.1. The molecule has 0 saturated heterocycles. The van der Waals surface area contributed by atoms with Crippen molar-refractivity contribution in [3.8, 4) is 0 Å². The van der Waals surface area contributed by atoms with Crippen molar-refractivity contribution in [1.29, 1.82) is 0 Å². The van der Waals surface area contributed by atoms with Crippen molar-refractivity contribution in [1.82, 2.24) is 0 Å². The van der Waals surface area contributed by atoms with Crippen LogP contribution in [-0.4, -0.2) is 45.7 Å². The number of allylic oxidation sites excluding steroid dienone is 3.